The average Bonchev–Trinajstić information content (AvgIpc) is 2.95. The molecule has 0 aromatic heterocycles. The summed E-state index contributed by atoms with van der Waals surface area (Å²) in [5.74, 6) is 0.211. The molecule has 0 radical (unpaired) electrons. The number of para-hydroxylation sites is 2. The maximum Gasteiger partial charge on any atom is 0.412 e. The van der Waals surface area contributed by atoms with E-state index < -0.39 is 17.6 Å². The van der Waals surface area contributed by atoms with E-state index in [0.717, 1.165) is 10.8 Å². The fourth-order valence-electron chi connectivity index (χ4n) is 4.30. The Labute approximate surface area is 233 Å². The fourth-order valence-corrected chi connectivity index (χ4v) is 4.30. The number of carbonyl (C=O) groups is 2. The molecule has 4 aromatic carbocycles. The van der Waals surface area contributed by atoms with Crippen molar-refractivity contribution in [1.29, 1.82) is 0 Å². The van der Waals surface area contributed by atoms with E-state index in [1.165, 1.54) is 6.08 Å². The highest BCUT2D eigenvalue weighted by Crippen LogP contribution is 2.39. The zero-order chi connectivity index (χ0) is 28.5. The van der Waals surface area contributed by atoms with Gasteiger partial charge in [-0.15, -0.1) is 0 Å². The Morgan fingerprint density at radius 1 is 0.900 bits per heavy atom. The van der Waals surface area contributed by atoms with Crippen LogP contribution in [-0.4, -0.2) is 30.3 Å². The molecule has 2 amide bonds. The van der Waals surface area contributed by atoms with Crippen LogP contribution in [0.2, 0.25) is 0 Å². The Hall–Kier alpha value is -4.82. The zero-order valence-corrected chi connectivity index (χ0v) is 22.5. The van der Waals surface area contributed by atoms with E-state index in [1.54, 1.807) is 54.6 Å². The van der Waals surface area contributed by atoms with E-state index in [-0.39, 0.29) is 19.1 Å². The number of nitrogens with two attached hydrogens (primary N) is 1. The normalized spacial score (nSPS) is 12.2. The van der Waals surface area contributed by atoms with Gasteiger partial charge in [-0.05, 0) is 47.4 Å². The molecule has 0 saturated heterocycles. The van der Waals surface area contributed by atoms with Crippen molar-refractivity contribution in [2.45, 2.75) is 20.0 Å². The van der Waals surface area contributed by atoms with Crippen molar-refractivity contribution in [3.05, 3.63) is 109 Å². The van der Waals surface area contributed by atoms with Gasteiger partial charge in [0.05, 0.1) is 23.7 Å². The fraction of sp³-hybridized carbons (Fsp3) is 0.188. The Balaban J connectivity index is 1.57. The highest BCUT2D eigenvalue weighted by Gasteiger charge is 2.33. The van der Waals surface area contributed by atoms with Crippen molar-refractivity contribution in [2.24, 2.45) is 5.41 Å². The molecule has 4 aromatic rings. The molecule has 0 aliphatic heterocycles. The van der Waals surface area contributed by atoms with Gasteiger partial charge in [-0.2, -0.15) is 0 Å². The first-order valence-electron chi connectivity index (χ1n) is 12.9. The predicted molar refractivity (Wildman–Crippen MR) is 158 cm³/mol. The number of aliphatic hydroxyl groups excluding tert-OH is 1. The summed E-state index contributed by atoms with van der Waals surface area (Å²) in [7, 11) is 0. The van der Waals surface area contributed by atoms with E-state index in [2.05, 4.69) is 10.6 Å². The van der Waals surface area contributed by atoms with Gasteiger partial charge in [-0.3, -0.25) is 10.1 Å². The first-order chi connectivity index (χ1) is 19.3. The molecule has 0 spiro atoms. The number of fused-ring (bicyclic) bond motifs is 1. The van der Waals surface area contributed by atoms with E-state index >= 15 is 0 Å². The minimum absolute atomic E-state index is 0.101. The number of hydrogen-bond acceptors (Lipinski definition) is 6. The lowest BCUT2D eigenvalue weighted by molar-refractivity contribution is -0.112. The van der Waals surface area contributed by atoms with Gasteiger partial charge >= 0.3 is 6.09 Å². The molecule has 1 atom stereocenters. The molecule has 0 aliphatic carbocycles. The van der Waals surface area contributed by atoms with E-state index in [1.807, 2.05) is 56.3 Å². The summed E-state index contributed by atoms with van der Waals surface area (Å²) < 4.78 is 11.5. The first kappa shape index (κ1) is 28.2. The highest BCUT2D eigenvalue weighted by atomic mass is 16.6. The van der Waals surface area contributed by atoms with Crippen LogP contribution in [0.5, 0.6) is 5.75 Å². The second kappa shape index (κ2) is 12.8. The van der Waals surface area contributed by atoms with E-state index in [4.69, 9.17) is 20.3 Å². The molecule has 8 nitrogen and oxygen atoms in total. The molecule has 5 N–H and O–H groups in total. The number of benzene rings is 4. The topological polar surface area (TPSA) is 123 Å². The van der Waals surface area contributed by atoms with Gasteiger partial charge in [-0.25, -0.2) is 4.79 Å². The van der Waals surface area contributed by atoms with Gasteiger partial charge in [0.25, 0.3) is 0 Å². The lowest BCUT2D eigenvalue weighted by atomic mass is 9.82. The largest absolute Gasteiger partial charge is 0.491 e. The smallest absolute Gasteiger partial charge is 0.412 e. The van der Waals surface area contributed by atoms with Gasteiger partial charge in [0.1, 0.15) is 18.5 Å². The van der Waals surface area contributed by atoms with Crippen LogP contribution in [0.3, 0.4) is 0 Å². The number of ether oxygens (including phenoxy) is 2. The second-order valence-electron chi connectivity index (χ2n) is 9.81. The van der Waals surface area contributed by atoms with Crippen LogP contribution >= 0.6 is 0 Å². The number of aliphatic hydroxyl groups is 1. The second-order valence-corrected chi connectivity index (χ2v) is 9.81. The van der Waals surface area contributed by atoms with Crippen molar-refractivity contribution in [2.75, 3.05) is 29.6 Å². The minimum atomic E-state index is -0.802. The molecule has 0 fully saturated rings. The quantitative estimate of drug-likeness (QED) is 0.138. The number of amides is 2. The number of hydrogen-bond donors (Lipinski definition) is 4. The summed E-state index contributed by atoms with van der Waals surface area (Å²) in [6.45, 7) is 3.82. The minimum Gasteiger partial charge on any atom is -0.491 e. The van der Waals surface area contributed by atoms with Crippen LogP contribution in [0.15, 0.2) is 103 Å². The van der Waals surface area contributed by atoms with Gasteiger partial charge in [0, 0.05) is 10.8 Å². The predicted octanol–water partition coefficient (Wildman–Crippen LogP) is 6.30. The maximum absolute atomic E-state index is 13.2. The zero-order valence-electron chi connectivity index (χ0n) is 22.5. The third-order valence-corrected chi connectivity index (χ3v) is 6.35. The molecule has 0 bridgehead atoms. The van der Waals surface area contributed by atoms with Crippen molar-refractivity contribution in [3.63, 3.8) is 0 Å². The van der Waals surface area contributed by atoms with Crippen molar-refractivity contribution >= 4 is 39.8 Å². The van der Waals surface area contributed by atoms with Crippen LogP contribution in [0, 0.1) is 5.41 Å². The molecular weight excluding hydrogens is 506 g/mol. The Morgan fingerprint density at radius 3 is 2.33 bits per heavy atom. The van der Waals surface area contributed by atoms with Crippen LogP contribution in [0.4, 0.5) is 21.9 Å². The third kappa shape index (κ3) is 7.18. The van der Waals surface area contributed by atoms with E-state index in [0.29, 0.717) is 28.4 Å². The summed E-state index contributed by atoms with van der Waals surface area (Å²) in [6, 6.07) is 27.5. The van der Waals surface area contributed by atoms with Gasteiger partial charge < -0.3 is 25.6 Å². The molecule has 0 heterocycles. The highest BCUT2D eigenvalue weighted by molar-refractivity contribution is 6.01. The molecular formula is C32H33N3O5. The third-order valence-electron chi connectivity index (χ3n) is 6.35. The summed E-state index contributed by atoms with van der Waals surface area (Å²) in [5.41, 5.74) is 7.44. The molecule has 4 rings (SSSR count). The Kier molecular flexibility index (Phi) is 9.04. The van der Waals surface area contributed by atoms with Crippen molar-refractivity contribution < 1.29 is 24.2 Å². The standard InChI is InChI=1S/C32H33N3O5/c1-32(2,19-18-29(37)34-28-12-6-5-11-26(28)33)30(23-14-16-24(17-15-23)39-21-20-36)40-31(38)35-27-13-7-9-22-8-3-4-10-25(22)27/h3-19,30,36H,20-21,33H2,1-2H3,(H,34,37)(H,35,38)/b19-18+/t30-/m0/s1. The summed E-state index contributed by atoms with van der Waals surface area (Å²) >= 11 is 0. The molecule has 206 valence electrons. The van der Waals surface area contributed by atoms with Crippen LogP contribution in [0.1, 0.15) is 25.5 Å². The van der Waals surface area contributed by atoms with Gasteiger partial charge in [0.15, 0.2) is 0 Å². The summed E-state index contributed by atoms with van der Waals surface area (Å²) in [5, 5.41) is 16.6. The van der Waals surface area contributed by atoms with Gasteiger partial charge in [0.2, 0.25) is 5.91 Å². The molecule has 8 heteroatoms. The van der Waals surface area contributed by atoms with Crippen LogP contribution < -0.4 is 21.1 Å². The Bertz CT molecular complexity index is 1490. The number of rotatable bonds is 10. The van der Waals surface area contributed by atoms with Crippen LogP contribution in [0.25, 0.3) is 10.8 Å². The molecule has 0 saturated carbocycles. The SMILES string of the molecule is CC(C)(/C=C/C(=O)Nc1ccccc1N)[C@@H](OC(=O)Nc1cccc2ccccc12)c1ccc(OCCO)cc1. The average molecular weight is 540 g/mol. The van der Waals surface area contributed by atoms with Crippen LogP contribution in [-0.2, 0) is 9.53 Å². The van der Waals surface area contributed by atoms with E-state index in [9.17, 15) is 9.59 Å². The number of nitrogen functional groups attached to an aromatic ring is 1. The summed E-state index contributed by atoms with van der Waals surface area (Å²) in [6.07, 6.45) is 1.71. The first-order valence-corrected chi connectivity index (χ1v) is 12.9. The number of nitrogens with one attached hydrogen (secondary N) is 2. The van der Waals surface area contributed by atoms with Crippen molar-refractivity contribution in [3.8, 4) is 5.75 Å². The van der Waals surface area contributed by atoms with Crippen molar-refractivity contribution in [1.82, 2.24) is 0 Å². The molecule has 40 heavy (non-hydrogen) atoms. The Morgan fingerprint density at radius 2 is 1.57 bits per heavy atom. The summed E-state index contributed by atoms with van der Waals surface area (Å²) in [4.78, 5) is 25.9. The number of carbonyl (C=O) groups excluding carboxylic acids is 2. The number of anilines is 3. The van der Waals surface area contributed by atoms with Gasteiger partial charge in [-0.1, -0.05) is 80.6 Å². The molecule has 0 aliphatic rings. The monoisotopic (exact) mass is 539 g/mol. The lowest BCUT2D eigenvalue weighted by Crippen LogP contribution is -2.28. The maximum atomic E-state index is 13.2. The lowest BCUT2D eigenvalue weighted by Gasteiger charge is -2.32. The molecule has 0 unspecified atom stereocenters.